The van der Waals surface area contributed by atoms with E-state index in [1.54, 1.807) is 0 Å². The molecule has 0 bridgehead atoms. The zero-order valence-corrected chi connectivity index (χ0v) is 11.9. The Labute approximate surface area is 127 Å². The highest BCUT2D eigenvalue weighted by atomic mass is 28.3. The first kappa shape index (κ1) is 61.0. The summed E-state index contributed by atoms with van der Waals surface area (Å²) in [6.07, 6.45) is 0. The molecule has 0 radical (unpaired) electrons. The molecule has 0 aliphatic heterocycles. The van der Waals surface area contributed by atoms with E-state index < -0.39 is 38.1 Å². The third-order valence-corrected chi connectivity index (χ3v) is 0.291. The van der Waals surface area contributed by atoms with Gasteiger partial charge in [0.05, 0.1) is 0 Å². The summed E-state index contributed by atoms with van der Waals surface area (Å²) in [6, 6.07) is 0. The molecule has 0 saturated carbocycles. The van der Waals surface area contributed by atoms with Crippen LogP contribution in [0.25, 0.3) is 0 Å². The van der Waals surface area contributed by atoms with Crippen molar-refractivity contribution in [3.05, 3.63) is 0 Å². The minimum atomic E-state index is -3.63. The van der Waals surface area contributed by atoms with Crippen LogP contribution in [0.1, 0.15) is 31.1 Å². The summed E-state index contributed by atoms with van der Waals surface area (Å²) in [7, 11) is -8.09. The lowest BCUT2D eigenvalue weighted by Gasteiger charge is -1.94. The van der Waals surface area contributed by atoms with Crippen molar-refractivity contribution in [2.75, 3.05) is 0 Å². The average molecular weight is 377 g/mol. The average Bonchev–Trinajstić information content (AvgIpc) is 2.18. The SMILES string of the molecule is C.C.C.C.O.O=[SiH]O[O-].O=[Si]([O-])[O-].O=[Si]=O.OO[SiH2]O.[H+]. The standard InChI is InChI=1S/4CH4.O3Si.H4O3Si.H2O3Si.O2Si.H2O/c;;;;1-4(2)3;2*1-3-4-2;1-3-2;/h4*1H4;;1-2H,4H2;1,4H;;1H2/q;;;;-2;;;;. The highest BCUT2D eigenvalue weighted by Gasteiger charge is 1.60. The minimum absolute atomic E-state index is 0. The second kappa shape index (κ2) is 103. The van der Waals surface area contributed by atoms with E-state index in [4.69, 9.17) is 42.7 Å². The van der Waals surface area contributed by atoms with Crippen molar-refractivity contribution < 1.29 is 58.8 Å². The molecule has 0 aliphatic rings. The van der Waals surface area contributed by atoms with Gasteiger partial charge in [-0.25, -0.2) is 0 Å². The van der Waals surface area contributed by atoms with Crippen molar-refractivity contribution in [1.29, 1.82) is 0 Å². The van der Waals surface area contributed by atoms with E-state index >= 15 is 0 Å². The molecule has 0 fully saturated rings. The van der Waals surface area contributed by atoms with Crippen molar-refractivity contribution in [2.45, 2.75) is 29.7 Å². The quantitative estimate of drug-likeness (QED) is 0.262. The molecule has 16 heteroatoms. The normalized spacial score (nSPS) is 4.75. The van der Waals surface area contributed by atoms with Crippen molar-refractivity contribution >= 4 is 38.1 Å². The number of hydrogen-bond donors (Lipinski definition) is 2. The Morgan fingerprint density at radius 2 is 1.30 bits per heavy atom. The molecule has 0 amide bonds. The molecule has 0 heterocycles. The molecule has 0 aromatic rings. The van der Waals surface area contributed by atoms with Crippen LogP contribution in [-0.2, 0) is 27.0 Å². The fourth-order valence-electron chi connectivity index (χ4n) is 0. The Kier molecular flexibility index (Phi) is 314. The maximum atomic E-state index is 8.85. The van der Waals surface area contributed by atoms with E-state index in [9.17, 15) is 0 Å². The van der Waals surface area contributed by atoms with Gasteiger partial charge in [0.15, 0.2) is 0 Å². The van der Waals surface area contributed by atoms with Gasteiger partial charge in [-0.2, -0.15) is 0 Å². The molecule has 0 aromatic carbocycles. The topological polar surface area (TPSA) is 228 Å². The van der Waals surface area contributed by atoms with Crippen LogP contribution in [0.5, 0.6) is 0 Å². The van der Waals surface area contributed by atoms with E-state index in [1.807, 2.05) is 0 Å². The van der Waals surface area contributed by atoms with Crippen molar-refractivity contribution in [3.63, 3.8) is 0 Å². The van der Waals surface area contributed by atoms with Gasteiger partial charge in [-0.15, -0.1) is 0 Å². The van der Waals surface area contributed by atoms with Gasteiger partial charge in [0, 0.05) is 9.17 Å². The summed E-state index contributed by atoms with van der Waals surface area (Å²) < 4.78 is 40.2. The molecule has 0 atom stereocenters. The molecule has 0 rings (SSSR count). The summed E-state index contributed by atoms with van der Waals surface area (Å²) in [6.45, 7) is 0. The molecule has 0 unspecified atom stereocenters. The fourth-order valence-corrected chi connectivity index (χ4v) is 0. The molecule has 0 saturated heterocycles. The van der Waals surface area contributed by atoms with Crippen LogP contribution in [0.15, 0.2) is 0 Å². The Morgan fingerprint density at radius 1 is 1.20 bits per heavy atom. The van der Waals surface area contributed by atoms with Crippen LogP contribution in [-0.4, -0.2) is 53.6 Å². The van der Waals surface area contributed by atoms with Gasteiger partial charge >= 0.3 is 30.4 Å². The van der Waals surface area contributed by atoms with E-state index in [2.05, 4.69) is 9.15 Å². The van der Waals surface area contributed by atoms with E-state index in [-0.39, 0.29) is 36.6 Å². The maximum Gasteiger partial charge on any atom is 1.00 e. The Morgan fingerprint density at radius 3 is 1.30 bits per heavy atom. The van der Waals surface area contributed by atoms with Crippen LogP contribution >= 0.6 is 0 Å². The smallest absolute Gasteiger partial charge is 0.680 e. The van der Waals surface area contributed by atoms with Gasteiger partial charge in [0.25, 0.3) is 0 Å². The Bertz CT molecular complexity index is 161. The van der Waals surface area contributed by atoms with Crippen LogP contribution < -0.4 is 14.8 Å². The van der Waals surface area contributed by atoms with Crippen LogP contribution in [0, 0.1) is 0 Å². The molecule has 4 N–H and O–H groups in total. The summed E-state index contributed by atoms with van der Waals surface area (Å²) >= 11 is 0. The zero-order chi connectivity index (χ0) is 13.1. The lowest BCUT2D eigenvalue weighted by atomic mass is 12.0. The Balaban J connectivity index is -0.00000000881. The lowest BCUT2D eigenvalue weighted by molar-refractivity contribution is -0.641. The van der Waals surface area contributed by atoms with Gasteiger partial charge in [-0.1, -0.05) is 29.7 Å². The first-order chi connectivity index (χ1) is 6.97. The number of hydrogen-bond acceptors (Lipinski definition) is 11. The monoisotopic (exact) mass is 376 g/mol. The van der Waals surface area contributed by atoms with Crippen molar-refractivity contribution in [1.82, 2.24) is 0 Å². The van der Waals surface area contributed by atoms with Crippen molar-refractivity contribution in [2.24, 2.45) is 0 Å². The lowest BCUT2D eigenvalue weighted by Crippen LogP contribution is -2.34. The first-order valence-corrected chi connectivity index (χ1v) is 6.64. The molecular formula is C4H24O12Si4-2. The van der Waals surface area contributed by atoms with E-state index in [0.29, 0.717) is 0 Å². The highest BCUT2D eigenvalue weighted by Crippen LogP contribution is 1.39. The molecule has 12 nitrogen and oxygen atoms in total. The van der Waals surface area contributed by atoms with Gasteiger partial charge in [-0.05, 0) is 0 Å². The second-order valence-corrected chi connectivity index (χ2v) is 2.35. The highest BCUT2D eigenvalue weighted by molar-refractivity contribution is 6.17. The van der Waals surface area contributed by atoms with E-state index in [0.717, 1.165) is 0 Å². The third kappa shape index (κ3) is 2840. The predicted octanol–water partition coefficient (Wildman–Crippen LogP) is -5.22. The summed E-state index contributed by atoms with van der Waals surface area (Å²) in [5, 5.41) is 15.7. The first-order valence-electron chi connectivity index (χ1n) is 2.45. The Hall–Kier alpha value is -0.732. The van der Waals surface area contributed by atoms with Gasteiger partial charge in [0.1, 0.15) is 0 Å². The van der Waals surface area contributed by atoms with Crippen LogP contribution in [0.3, 0.4) is 0 Å². The molecular weight excluding hydrogens is 352 g/mol. The third-order valence-electron chi connectivity index (χ3n) is 0.0970. The molecule has 0 aromatic heterocycles. The van der Waals surface area contributed by atoms with Gasteiger partial charge in [-0.3, -0.25) is 18.8 Å². The van der Waals surface area contributed by atoms with Crippen LogP contribution in [0.4, 0.5) is 0 Å². The number of rotatable bonds is 2. The molecule has 0 aliphatic carbocycles. The summed E-state index contributed by atoms with van der Waals surface area (Å²) in [5.41, 5.74) is 0. The predicted molar refractivity (Wildman–Crippen MR) is 68.6 cm³/mol. The summed E-state index contributed by atoms with van der Waals surface area (Å²) in [5.74, 6) is 0. The van der Waals surface area contributed by atoms with Gasteiger partial charge in [0.2, 0.25) is 0 Å². The zero-order valence-electron chi connectivity index (χ0n) is 8.35. The van der Waals surface area contributed by atoms with E-state index in [1.165, 1.54) is 0 Å². The largest absolute Gasteiger partial charge is 1.00 e. The van der Waals surface area contributed by atoms with Crippen molar-refractivity contribution in [3.8, 4) is 0 Å². The summed E-state index contributed by atoms with van der Waals surface area (Å²) in [4.78, 5) is 24.6. The minimum Gasteiger partial charge on any atom is -0.680 e. The fraction of sp³-hybridized carbons (Fsp3) is 1.00. The molecule has 0 spiro atoms. The molecule has 20 heavy (non-hydrogen) atoms. The molecule has 130 valence electrons. The second-order valence-electron chi connectivity index (χ2n) is 0.784. The van der Waals surface area contributed by atoms with Crippen LogP contribution in [0.2, 0.25) is 0 Å². The maximum absolute atomic E-state index is 8.85. The van der Waals surface area contributed by atoms with Gasteiger partial charge < -0.3 is 38.6 Å².